The smallest absolute Gasteiger partial charge is 0.335 e. The SMILES string of the molecule is CCOC(=O)C1=C(c2ccccc2)SCC1. The number of esters is 1. The van der Waals surface area contributed by atoms with Gasteiger partial charge in [0.2, 0.25) is 0 Å². The first-order valence-corrected chi connectivity index (χ1v) is 6.40. The lowest BCUT2D eigenvalue weighted by Gasteiger charge is -2.06. The van der Waals surface area contributed by atoms with Crippen molar-refractivity contribution in [3.05, 3.63) is 41.5 Å². The molecule has 1 aliphatic rings. The molecule has 0 saturated carbocycles. The summed E-state index contributed by atoms with van der Waals surface area (Å²) in [6, 6.07) is 10.0. The average Bonchev–Trinajstić information content (AvgIpc) is 2.79. The Labute approximate surface area is 99.7 Å². The Hall–Kier alpha value is -1.22. The van der Waals surface area contributed by atoms with Gasteiger partial charge in [-0.3, -0.25) is 0 Å². The highest BCUT2D eigenvalue weighted by Crippen LogP contribution is 2.39. The van der Waals surface area contributed by atoms with E-state index in [9.17, 15) is 4.79 Å². The van der Waals surface area contributed by atoms with Crippen LogP contribution in [-0.4, -0.2) is 18.3 Å². The second-order valence-corrected chi connectivity index (χ2v) is 4.60. The van der Waals surface area contributed by atoms with Crippen LogP contribution in [0, 0.1) is 0 Å². The van der Waals surface area contributed by atoms with Crippen LogP contribution in [0.15, 0.2) is 35.9 Å². The van der Waals surface area contributed by atoms with Crippen LogP contribution in [-0.2, 0) is 9.53 Å². The summed E-state index contributed by atoms with van der Waals surface area (Å²) in [4.78, 5) is 12.8. The molecule has 84 valence electrons. The predicted molar refractivity (Wildman–Crippen MR) is 67.1 cm³/mol. The molecule has 1 aromatic rings. The van der Waals surface area contributed by atoms with Crippen molar-refractivity contribution in [2.24, 2.45) is 0 Å². The van der Waals surface area contributed by atoms with E-state index in [0.717, 1.165) is 28.2 Å². The zero-order valence-corrected chi connectivity index (χ0v) is 10.0. The molecular formula is C13H14O2S. The third kappa shape index (κ3) is 2.30. The van der Waals surface area contributed by atoms with Crippen molar-refractivity contribution in [2.75, 3.05) is 12.4 Å². The largest absolute Gasteiger partial charge is 0.463 e. The highest BCUT2D eigenvalue weighted by atomic mass is 32.2. The number of thioether (sulfide) groups is 1. The molecule has 0 atom stereocenters. The van der Waals surface area contributed by atoms with Crippen molar-refractivity contribution in [1.29, 1.82) is 0 Å². The molecule has 0 bridgehead atoms. The van der Waals surface area contributed by atoms with Crippen molar-refractivity contribution in [1.82, 2.24) is 0 Å². The monoisotopic (exact) mass is 234 g/mol. The first-order chi connectivity index (χ1) is 7.83. The lowest BCUT2D eigenvalue weighted by atomic mass is 10.1. The van der Waals surface area contributed by atoms with Crippen LogP contribution in [0.3, 0.4) is 0 Å². The van der Waals surface area contributed by atoms with Crippen molar-refractivity contribution in [3.8, 4) is 0 Å². The molecule has 1 aliphatic heterocycles. The lowest BCUT2D eigenvalue weighted by molar-refractivity contribution is -0.138. The average molecular weight is 234 g/mol. The van der Waals surface area contributed by atoms with E-state index in [-0.39, 0.29) is 5.97 Å². The van der Waals surface area contributed by atoms with Crippen molar-refractivity contribution in [2.45, 2.75) is 13.3 Å². The van der Waals surface area contributed by atoms with Crippen LogP contribution in [0.2, 0.25) is 0 Å². The van der Waals surface area contributed by atoms with Crippen LogP contribution in [0.5, 0.6) is 0 Å². The van der Waals surface area contributed by atoms with Gasteiger partial charge in [0.1, 0.15) is 0 Å². The molecule has 0 aromatic heterocycles. The van der Waals surface area contributed by atoms with Gasteiger partial charge in [-0.1, -0.05) is 30.3 Å². The van der Waals surface area contributed by atoms with E-state index >= 15 is 0 Å². The molecule has 0 radical (unpaired) electrons. The van der Waals surface area contributed by atoms with E-state index in [1.807, 2.05) is 37.3 Å². The summed E-state index contributed by atoms with van der Waals surface area (Å²) in [7, 11) is 0. The van der Waals surface area contributed by atoms with Gasteiger partial charge in [-0.15, -0.1) is 11.8 Å². The quantitative estimate of drug-likeness (QED) is 0.752. The van der Waals surface area contributed by atoms with Gasteiger partial charge in [-0.05, 0) is 18.9 Å². The maximum absolute atomic E-state index is 11.7. The fourth-order valence-electron chi connectivity index (χ4n) is 1.72. The van der Waals surface area contributed by atoms with Crippen molar-refractivity contribution in [3.63, 3.8) is 0 Å². The van der Waals surface area contributed by atoms with Gasteiger partial charge in [0.25, 0.3) is 0 Å². The first kappa shape index (κ1) is 11.3. The zero-order chi connectivity index (χ0) is 11.4. The third-order valence-corrected chi connectivity index (χ3v) is 3.61. The van der Waals surface area contributed by atoms with E-state index in [0.29, 0.717) is 6.61 Å². The van der Waals surface area contributed by atoms with Gasteiger partial charge < -0.3 is 4.74 Å². The Morgan fingerprint density at radius 3 is 2.81 bits per heavy atom. The molecule has 3 heteroatoms. The number of carbonyl (C=O) groups excluding carboxylic acids is 1. The summed E-state index contributed by atoms with van der Waals surface area (Å²) in [5.41, 5.74) is 1.95. The molecule has 0 N–H and O–H groups in total. The van der Waals surface area contributed by atoms with Gasteiger partial charge in [-0.25, -0.2) is 4.79 Å². The molecule has 2 nitrogen and oxygen atoms in total. The van der Waals surface area contributed by atoms with E-state index < -0.39 is 0 Å². The molecule has 2 rings (SSSR count). The number of hydrogen-bond acceptors (Lipinski definition) is 3. The summed E-state index contributed by atoms with van der Waals surface area (Å²) in [5, 5.41) is 0. The van der Waals surface area contributed by atoms with Crippen LogP contribution in [0.4, 0.5) is 0 Å². The molecular weight excluding hydrogens is 220 g/mol. The molecule has 16 heavy (non-hydrogen) atoms. The lowest BCUT2D eigenvalue weighted by Crippen LogP contribution is -2.07. The minimum atomic E-state index is -0.161. The second kappa shape index (κ2) is 5.21. The van der Waals surface area contributed by atoms with Gasteiger partial charge in [-0.2, -0.15) is 0 Å². The van der Waals surface area contributed by atoms with Crippen LogP contribution in [0.25, 0.3) is 4.91 Å². The summed E-state index contributed by atoms with van der Waals surface area (Å²) in [6.45, 7) is 2.28. The Kier molecular flexibility index (Phi) is 3.67. The van der Waals surface area contributed by atoms with Crippen LogP contribution < -0.4 is 0 Å². The fourth-order valence-corrected chi connectivity index (χ4v) is 2.89. The highest BCUT2D eigenvalue weighted by molar-refractivity contribution is 8.08. The van der Waals surface area contributed by atoms with E-state index in [4.69, 9.17) is 4.74 Å². The van der Waals surface area contributed by atoms with Crippen LogP contribution in [0.1, 0.15) is 18.9 Å². The molecule has 0 amide bonds. The molecule has 0 fully saturated rings. The van der Waals surface area contributed by atoms with Crippen molar-refractivity contribution >= 4 is 22.6 Å². The minimum absolute atomic E-state index is 0.161. The Balaban J connectivity index is 2.30. The maximum Gasteiger partial charge on any atom is 0.335 e. The minimum Gasteiger partial charge on any atom is -0.463 e. The first-order valence-electron chi connectivity index (χ1n) is 5.41. The Morgan fingerprint density at radius 1 is 1.38 bits per heavy atom. The molecule has 1 heterocycles. The molecule has 0 spiro atoms. The maximum atomic E-state index is 11.7. The summed E-state index contributed by atoms with van der Waals surface area (Å²) < 4.78 is 5.07. The van der Waals surface area contributed by atoms with E-state index in [1.165, 1.54) is 0 Å². The number of carbonyl (C=O) groups is 1. The van der Waals surface area contributed by atoms with E-state index in [1.54, 1.807) is 11.8 Å². The van der Waals surface area contributed by atoms with Gasteiger partial charge >= 0.3 is 5.97 Å². The highest BCUT2D eigenvalue weighted by Gasteiger charge is 2.23. The van der Waals surface area contributed by atoms with Crippen LogP contribution >= 0.6 is 11.8 Å². The standard InChI is InChI=1S/C13H14O2S/c1-2-15-13(14)11-8-9-16-12(11)10-6-4-3-5-7-10/h3-7H,2,8-9H2,1H3. The summed E-state index contributed by atoms with van der Waals surface area (Å²) >= 11 is 1.74. The second-order valence-electron chi connectivity index (χ2n) is 3.49. The number of rotatable bonds is 3. The van der Waals surface area contributed by atoms with Crippen molar-refractivity contribution < 1.29 is 9.53 Å². The molecule has 0 saturated heterocycles. The molecule has 0 unspecified atom stereocenters. The van der Waals surface area contributed by atoms with Gasteiger partial charge in [0.15, 0.2) is 0 Å². The number of ether oxygens (including phenoxy) is 1. The fraction of sp³-hybridized carbons (Fsp3) is 0.308. The zero-order valence-electron chi connectivity index (χ0n) is 9.23. The van der Waals surface area contributed by atoms with Gasteiger partial charge in [0.05, 0.1) is 12.2 Å². The third-order valence-electron chi connectivity index (χ3n) is 2.43. The molecule has 0 aliphatic carbocycles. The summed E-state index contributed by atoms with van der Waals surface area (Å²) in [5.74, 6) is 0.810. The normalized spacial score (nSPS) is 15.3. The molecule has 1 aromatic carbocycles. The summed E-state index contributed by atoms with van der Waals surface area (Å²) in [6.07, 6.45) is 0.813. The Bertz CT molecular complexity index is 409. The number of benzene rings is 1. The topological polar surface area (TPSA) is 26.3 Å². The number of hydrogen-bond donors (Lipinski definition) is 0. The van der Waals surface area contributed by atoms with Gasteiger partial charge in [0, 0.05) is 10.7 Å². The Morgan fingerprint density at radius 2 is 2.12 bits per heavy atom. The predicted octanol–water partition coefficient (Wildman–Crippen LogP) is 3.10. The van der Waals surface area contributed by atoms with E-state index in [2.05, 4.69) is 0 Å².